The van der Waals surface area contributed by atoms with Crippen LogP contribution in [0, 0.1) is 0 Å². The van der Waals surface area contributed by atoms with Crippen molar-refractivity contribution < 1.29 is 33.7 Å². The van der Waals surface area contributed by atoms with Crippen molar-refractivity contribution in [3.05, 3.63) is 12.7 Å². The van der Waals surface area contributed by atoms with E-state index in [0.29, 0.717) is 6.42 Å². The van der Waals surface area contributed by atoms with Gasteiger partial charge in [-0.05, 0) is 6.42 Å². The van der Waals surface area contributed by atoms with Gasteiger partial charge >= 0.3 is 17.9 Å². The first kappa shape index (κ1) is 16.1. The van der Waals surface area contributed by atoms with Gasteiger partial charge in [0.05, 0.1) is 0 Å². The van der Waals surface area contributed by atoms with Gasteiger partial charge in [-0.1, -0.05) is 13.5 Å². The first-order chi connectivity index (χ1) is 8.49. The molecule has 0 saturated carbocycles. The number of carboxylic acid groups (broad SMARTS) is 1. The fourth-order valence-electron chi connectivity index (χ4n) is 0.911. The SMILES string of the molecule is C=CC(=O)OCC(CC)OC(=O)COCC(=O)O. The highest BCUT2D eigenvalue weighted by molar-refractivity contribution is 5.81. The molecule has 0 aromatic rings. The minimum atomic E-state index is -1.17. The predicted molar refractivity (Wildman–Crippen MR) is 59.8 cm³/mol. The molecule has 0 aromatic carbocycles. The topological polar surface area (TPSA) is 99.1 Å². The van der Waals surface area contributed by atoms with Crippen molar-refractivity contribution in [2.45, 2.75) is 19.4 Å². The third kappa shape index (κ3) is 8.28. The van der Waals surface area contributed by atoms with Crippen molar-refractivity contribution in [2.75, 3.05) is 19.8 Å². The zero-order valence-electron chi connectivity index (χ0n) is 10.1. The van der Waals surface area contributed by atoms with Crippen molar-refractivity contribution >= 4 is 17.9 Å². The van der Waals surface area contributed by atoms with Gasteiger partial charge in [0.15, 0.2) is 0 Å². The average Bonchev–Trinajstić information content (AvgIpc) is 2.33. The Balaban J connectivity index is 3.89. The summed E-state index contributed by atoms with van der Waals surface area (Å²) in [6.07, 6.45) is 0.870. The summed E-state index contributed by atoms with van der Waals surface area (Å²) in [7, 11) is 0. The van der Waals surface area contributed by atoms with Crippen LogP contribution >= 0.6 is 0 Å². The number of carbonyl (C=O) groups excluding carboxylic acids is 2. The second-order valence-electron chi connectivity index (χ2n) is 3.24. The minimum absolute atomic E-state index is 0.0774. The third-order valence-electron chi connectivity index (χ3n) is 1.78. The van der Waals surface area contributed by atoms with Gasteiger partial charge in [0.25, 0.3) is 0 Å². The highest BCUT2D eigenvalue weighted by atomic mass is 16.6. The summed E-state index contributed by atoms with van der Waals surface area (Å²) in [4.78, 5) is 32.1. The van der Waals surface area contributed by atoms with Crippen molar-refractivity contribution in [2.24, 2.45) is 0 Å². The molecule has 1 atom stereocenters. The quantitative estimate of drug-likeness (QED) is 0.465. The highest BCUT2D eigenvalue weighted by Crippen LogP contribution is 2.00. The summed E-state index contributed by atoms with van der Waals surface area (Å²) in [5.74, 6) is -2.49. The molecule has 0 aliphatic heterocycles. The van der Waals surface area contributed by atoms with Crippen molar-refractivity contribution in [3.8, 4) is 0 Å². The molecule has 0 fully saturated rings. The first-order valence-electron chi connectivity index (χ1n) is 5.27. The van der Waals surface area contributed by atoms with E-state index >= 15 is 0 Å². The van der Waals surface area contributed by atoms with Crippen LogP contribution in [-0.4, -0.2) is 48.9 Å². The van der Waals surface area contributed by atoms with Gasteiger partial charge in [-0.15, -0.1) is 0 Å². The minimum Gasteiger partial charge on any atom is -0.480 e. The molecule has 18 heavy (non-hydrogen) atoms. The van der Waals surface area contributed by atoms with Gasteiger partial charge in [0, 0.05) is 6.08 Å². The molecule has 0 aromatic heterocycles. The predicted octanol–water partition coefficient (Wildman–Crippen LogP) is 0.139. The van der Waals surface area contributed by atoms with Crippen molar-refractivity contribution in [1.29, 1.82) is 0 Å². The second kappa shape index (κ2) is 9.17. The van der Waals surface area contributed by atoms with Crippen LogP contribution in [0.4, 0.5) is 0 Å². The Labute approximate surface area is 104 Å². The van der Waals surface area contributed by atoms with Gasteiger partial charge in [0.2, 0.25) is 0 Å². The highest BCUT2D eigenvalue weighted by Gasteiger charge is 2.14. The Hall–Kier alpha value is -1.89. The second-order valence-corrected chi connectivity index (χ2v) is 3.24. The number of hydrogen-bond donors (Lipinski definition) is 1. The molecule has 0 radical (unpaired) electrons. The zero-order valence-corrected chi connectivity index (χ0v) is 10.1. The lowest BCUT2D eigenvalue weighted by atomic mass is 10.3. The van der Waals surface area contributed by atoms with E-state index in [1.165, 1.54) is 0 Å². The van der Waals surface area contributed by atoms with E-state index in [-0.39, 0.29) is 6.61 Å². The van der Waals surface area contributed by atoms with Crippen LogP contribution in [0.1, 0.15) is 13.3 Å². The molecule has 7 heteroatoms. The van der Waals surface area contributed by atoms with Gasteiger partial charge in [0.1, 0.15) is 25.9 Å². The Bertz CT molecular complexity index is 311. The maximum absolute atomic E-state index is 11.2. The van der Waals surface area contributed by atoms with E-state index in [2.05, 4.69) is 11.3 Å². The lowest BCUT2D eigenvalue weighted by molar-refractivity contribution is -0.162. The number of esters is 2. The fourth-order valence-corrected chi connectivity index (χ4v) is 0.911. The third-order valence-corrected chi connectivity index (χ3v) is 1.78. The molecule has 1 N–H and O–H groups in total. The molecule has 7 nitrogen and oxygen atoms in total. The molecular formula is C11H16O7. The van der Waals surface area contributed by atoms with Crippen LogP contribution in [-0.2, 0) is 28.6 Å². The zero-order chi connectivity index (χ0) is 14.0. The Morgan fingerprint density at radius 3 is 2.50 bits per heavy atom. The first-order valence-corrected chi connectivity index (χ1v) is 5.27. The number of ether oxygens (including phenoxy) is 3. The normalized spacial score (nSPS) is 11.4. The maximum Gasteiger partial charge on any atom is 0.332 e. The molecule has 1 unspecified atom stereocenters. The van der Waals surface area contributed by atoms with Crippen LogP contribution in [0.2, 0.25) is 0 Å². The lowest BCUT2D eigenvalue weighted by Gasteiger charge is -2.15. The molecule has 0 heterocycles. The summed E-state index contributed by atoms with van der Waals surface area (Å²) in [6, 6.07) is 0. The molecule has 0 aliphatic rings. The van der Waals surface area contributed by atoms with Gasteiger partial charge in [-0.3, -0.25) is 0 Å². The molecule has 0 amide bonds. The number of aliphatic carboxylic acids is 1. The van der Waals surface area contributed by atoms with E-state index in [4.69, 9.17) is 14.6 Å². The average molecular weight is 260 g/mol. The van der Waals surface area contributed by atoms with E-state index in [1.54, 1.807) is 6.92 Å². The van der Waals surface area contributed by atoms with E-state index in [9.17, 15) is 14.4 Å². The Morgan fingerprint density at radius 1 is 1.33 bits per heavy atom. The van der Waals surface area contributed by atoms with E-state index in [0.717, 1.165) is 6.08 Å². The molecule has 102 valence electrons. The molecule has 0 aliphatic carbocycles. The fraction of sp³-hybridized carbons (Fsp3) is 0.545. The van der Waals surface area contributed by atoms with Gasteiger partial charge in [-0.2, -0.15) is 0 Å². The number of hydrogen-bond acceptors (Lipinski definition) is 6. The largest absolute Gasteiger partial charge is 0.480 e. The maximum atomic E-state index is 11.2. The van der Waals surface area contributed by atoms with E-state index in [1.807, 2.05) is 0 Å². The van der Waals surface area contributed by atoms with Crippen molar-refractivity contribution in [3.63, 3.8) is 0 Å². The summed E-state index contributed by atoms with van der Waals surface area (Å²) in [6.45, 7) is 3.86. The van der Waals surface area contributed by atoms with Gasteiger partial charge in [-0.25, -0.2) is 14.4 Å². The summed E-state index contributed by atoms with van der Waals surface area (Å²) in [5, 5.41) is 8.28. The molecule has 0 rings (SSSR count). The summed E-state index contributed by atoms with van der Waals surface area (Å²) in [5.41, 5.74) is 0. The van der Waals surface area contributed by atoms with Crippen LogP contribution in [0.15, 0.2) is 12.7 Å². The number of carboxylic acids is 1. The van der Waals surface area contributed by atoms with Crippen LogP contribution < -0.4 is 0 Å². The number of rotatable bonds is 9. The van der Waals surface area contributed by atoms with Gasteiger partial charge < -0.3 is 19.3 Å². The van der Waals surface area contributed by atoms with Crippen LogP contribution in [0.25, 0.3) is 0 Å². The van der Waals surface area contributed by atoms with Crippen LogP contribution in [0.5, 0.6) is 0 Å². The molecular weight excluding hydrogens is 244 g/mol. The standard InChI is InChI=1S/C11H16O7/c1-3-8(5-17-10(14)4-2)18-11(15)7-16-6-9(12)13/h4,8H,2-3,5-7H2,1H3,(H,12,13). The Kier molecular flexibility index (Phi) is 8.21. The number of carbonyl (C=O) groups is 3. The summed E-state index contributed by atoms with van der Waals surface area (Å²) >= 11 is 0. The monoisotopic (exact) mass is 260 g/mol. The van der Waals surface area contributed by atoms with Crippen molar-refractivity contribution in [1.82, 2.24) is 0 Å². The lowest BCUT2D eigenvalue weighted by Crippen LogP contribution is -2.27. The molecule has 0 spiro atoms. The molecule has 0 bridgehead atoms. The summed E-state index contributed by atoms with van der Waals surface area (Å²) < 4.78 is 14.2. The van der Waals surface area contributed by atoms with E-state index < -0.39 is 37.2 Å². The van der Waals surface area contributed by atoms with Crippen LogP contribution in [0.3, 0.4) is 0 Å². The smallest absolute Gasteiger partial charge is 0.332 e. The molecule has 0 saturated heterocycles. The Morgan fingerprint density at radius 2 is 2.00 bits per heavy atom.